The third-order valence-electron chi connectivity index (χ3n) is 5.85. The molecule has 0 fully saturated rings. The molecule has 8 heteroatoms. The van der Waals surface area contributed by atoms with Crippen molar-refractivity contribution in [3.05, 3.63) is 74.9 Å². The molecule has 0 spiro atoms. The largest absolute Gasteiger partial charge is 0.495 e. The van der Waals surface area contributed by atoms with E-state index in [-0.39, 0.29) is 17.7 Å². The molecule has 1 N–H and O–H groups in total. The van der Waals surface area contributed by atoms with Gasteiger partial charge in [0, 0.05) is 23.1 Å². The van der Waals surface area contributed by atoms with Gasteiger partial charge in [0.15, 0.2) is 0 Å². The van der Waals surface area contributed by atoms with Crippen molar-refractivity contribution < 1.29 is 19.1 Å². The first kappa shape index (κ1) is 24.1. The third-order valence-corrected chi connectivity index (χ3v) is 7.09. The van der Waals surface area contributed by atoms with Gasteiger partial charge in [0.2, 0.25) is 5.91 Å². The summed E-state index contributed by atoms with van der Waals surface area (Å²) in [4.78, 5) is 30.3. The number of nitrogens with zero attached hydrogens (tertiary/aromatic N) is 1. The average Bonchev–Trinajstić information content (AvgIpc) is 3.35. The molecule has 0 bridgehead atoms. The fourth-order valence-electron chi connectivity index (χ4n) is 4.41. The molecule has 2 aromatic carbocycles. The van der Waals surface area contributed by atoms with E-state index in [4.69, 9.17) is 21.1 Å². The van der Waals surface area contributed by atoms with Crippen molar-refractivity contribution in [2.24, 2.45) is 5.92 Å². The first-order chi connectivity index (χ1) is 16.3. The van der Waals surface area contributed by atoms with Gasteiger partial charge in [-0.2, -0.15) is 0 Å². The van der Waals surface area contributed by atoms with Crippen LogP contribution in [0.2, 0.25) is 5.02 Å². The molecular formula is C26H27ClN2O4S. The van der Waals surface area contributed by atoms with Crippen LogP contribution in [0.15, 0.2) is 53.9 Å². The second-order valence-corrected chi connectivity index (χ2v) is 9.94. The molecule has 2 atom stereocenters. The molecule has 6 nitrogen and oxygen atoms in total. The molecule has 2 heterocycles. The molecule has 4 rings (SSSR count). The number of hydrogen-bond donors (Lipinski definition) is 1. The summed E-state index contributed by atoms with van der Waals surface area (Å²) in [5.74, 6) is 0.201. The number of ether oxygens (including phenoxy) is 2. The highest BCUT2D eigenvalue weighted by molar-refractivity contribution is 7.10. The molecule has 0 saturated carbocycles. The molecule has 0 saturated heterocycles. The Balaban J connectivity index is 1.82. The van der Waals surface area contributed by atoms with Gasteiger partial charge in [0.05, 0.1) is 36.9 Å². The van der Waals surface area contributed by atoms with E-state index in [0.717, 1.165) is 4.88 Å². The Bertz CT molecular complexity index is 1200. The second-order valence-electron chi connectivity index (χ2n) is 8.55. The summed E-state index contributed by atoms with van der Waals surface area (Å²) in [6.45, 7) is 4.67. The fraction of sp³-hybridized carbons (Fsp3) is 0.308. The highest BCUT2D eigenvalue weighted by Gasteiger charge is 2.44. The summed E-state index contributed by atoms with van der Waals surface area (Å²) < 4.78 is 10.7. The summed E-state index contributed by atoms with van der Waals surface area (Å²) >= 11 is 7.88. The Morgan fingerprint density at radius 3 is 2.50 bits per heavy atom. The lowest BCUT2D eigenvalue weighted by Gasteiger charge is -2.42. The van der Waals surface area contributed by atoms with E-state index in [1.807, 2.05) is 40.6 Å². The van der Waals surface area contributed by atoms with Crippen molar-refractivity contribution in [1.29, 1.82) is 0 Å². The van der Waals surface area contributed by atoms with E-state index in [1.165, 1.54) is 14.2 Å². The van der Waals surface area contributed by atoms with Crippen molar-refractivity contribution in [2.75, 3.05) is 26.1 Å². The van der Waals surface area contributed by atoms with Gasteiger partial charge >= 0.3 is 0 Å². The maximum Gasteiger partial charge on any atom is 0.254 e. The van der Waals surface area contributed by atoms with E-state index in [9.17, 15) is 9.59 Å². The van der Waals surface area contributed by atoms with Gasteiger partial charge in [-0.05, 0) is 35.1 Å². The van der Waals surface area contributed by atoms with Crippen LogP contribution in [-0.4, -0.2) is 37.5 Å². The number of carbonyl (C=O) groups excluding carboxylic acids is 2. The van der Waals surface area contributed by atoms with Crippen molar-refractivity contribution in [3.8, 4) is 11.5 Å². The van der Waals surface area contributed by atoms with Crippen LogP contribution in [0, 0.1) is 5.92 Å². The van der Waals surface area contributed by atoms with Gasteiger partial charge in [0.1, 0.15) is 11.5 Å². The summed E-state index contributed by atoms with van der Waals surface area (Å²) in [6, 6.07) is 14.1. The third kappa shape index (κ3) is 4.50. The highest BCUT2D eigenvalue weighted by Crippen LogP contribution is 2.45. The Morgan fingerprint density at radius 2 is 1.85 bits per heavy atom. The number of anilines is 1. The van der Waals surface area contributed by atoms with Gasteiger partial charge in [-0.3, -0.25) is 9.59 Å². The zero-order chi connectivity index (χ0) is 24.4. The summed E-state index contributed by atoms with van der Waals surface area (Å²) in [5, 5.41) is 5.33. The van der Waals surface area contributed by atoms with Crippen molar-refractivity contribution in [3.63, 3.8) is 0 Å². The van der Waals surface area contributed by atoms with Crippen LogP contribution in [0.4, 0.5) is 5.69 Å². The molecule has 1 aromatic heterocycles. The fourth-order valence-corrected chi connectivity index (χ4v) is 5.53. The average molecular weight is 499 g/mol. The van der Waals surface area contributed by atoms with Crippen LogP contribution in [0.1, 0.15) is 46.6 Å². The van der Waals surface area contributed by atoms with E-state index in [2.05, 4.69) is 19.2 Å². The summed E-state index contributed by atoms with van der Waals surface area (Å²) in [7, 11) is 3.04. The first-order valence-electron chi connectivity index (χ1n) is 11.0. The molecule has 1 aliphatic heterocycles. The summed E-state index contributed by atoms with van der Waals surface area (Å²) in [5.41, 5.74) is 1.70. The number of thiophene rings is 1. The molecule has 2 amide bonds. The van der Waals surface area contributed by atoms with Crippen LogP contribution < -0.4 is 14.8 Å². The predicted octanol–water partition coefficient (Wildman–Crippen LogP) is 5.99. The Kier molecular flexibility index (Phi) is 7.14. The lowest BCUT2D eigenvalue weighted by atomic mass is 9.81. The van der Waals surface area contributed by atoms with Gasteiger partial charge in [0.25, 0.3) is 5.91 Å². The zero-order valence-electron chi connectivity index (χ0n) is 19.5. The Labute approximate surface area is 208 Å². The number of rotatable bonds is 7. The smallest absolute Gasteiger partial charge is 0.254 e. The number of fused-ring (bicyclic) bond motifs is 1. The van der Waals surface area contributed by atoms with Crippen molar-refractivity contribution in [1.82, 2.24) is 4.90 Å². The predicted molar refractivity (Wildman–Crippen MR) is 135 cm³/mol. The number of carbonyl (C=O) groups is 2. The maximum atomic E-state index is 13.9. The van der Waals surface area contributed by atoms with Crippen LogP contribution in [0.5, 0.6) is 11.5 Å². The van der Waals surface area contributed by atoms with Gasteiger partial charge < -0.3 is 19.7 Å². The minimum atomic E-state index is -0.614. The highest BCUT2D eigenvalue weighted by atomic mass is 35.5. The van der Waals surface area contributed by atoms with Gasteiger partial charge in [-0.25, -0.2) is 0 Å². The molecule has 1 aliphatic rings. The second kappa shape index (κ2) is 10.1. The molecule has 0 aliphatic carbocycles. The maximum absolute atomic E-state index is 13.9. The number of hydrogen-bond acceptors (Lipinski definition) is 5. The molecular weight excluding hydrogens is 472 g/mol. The minimum absolute atomic E-state index is 0.0585. The molecule has 0 radical (unpaired) electrons. The van der Waals surface area contributed by atoms with E-state index in [1.54, 1.807) is 29.5 Å². The summed E-state index contributed by atoms with van der Waals surface area (Å²) in [6.07, 6.45) is 0. The van der Waals surface area contributed by atoms with Crippen LogP contribution in [-0.2, 0) is 4.79 Å². The number of halogens is 1. The Morgan fingerprint density at radius 1 is 1.12 bits per heavy atom. The van der Waals surface area contributed by atoms with Crippen molar-refractivity contribution in [2.45, 2.75) is 25.8 Å². The standard InChI is InChI=1S/C26H27ClN2O4S/c1-15(2)14-29-24(22-10-7-11-34-22)23(16-8-5-6-9-17(16)26(29)31)25(30)28-19-12-18(27)20(32-3)13-21(19)33-4/h5-13,15,23-24H,14H2,1-4H3,(H,28,30)/t23-,24+/m0/s1. The molecule has 3 aromatic rings. The molecule has 34 heavy (non-hydrogen) atoms. The normalized spacial score (nSPS) is 17.5. The topological polar surface area (TPSA) is 67.9 Å². The van der Waals surface area contributed by atoms with Gasteiger partial charge in [-0.1, -0.05) is 49.7 Å². The van der Waals surface area contributed by atoms with E-state index >= 15 is 0 Å². The number of benzene rings is 2. The van der Waals surface area contributed by atoms with Gasteiger partial charge in [-0.15, -0.1) is 11.3 Å². The minimum Gasteiger partial charge on any atom is -0.495 e. The first-order valence-corrected chi connectivity index (χ1v) is 12.3. The molecule has 0 unspecified atom stereocenters. The number of nitrogens with one attached hydrogen (secondary N) is 1. The lowest BCUT2D eigenvalue weighted by Crippen LogP contribution is -2.47. The lowest BCUT2D eigenvalue weighted by molar-refractivity contribution is -0.119. The monoisotopic (exact) mass is 498 g/mol. The van der Waals surface area contributed by atoms with Crippen LogP contribution >= 0.6 is 22.9 Å². The van der Waals surface area contributed by atoms with Crippen molar-refractivity contribution >= 4 is 40.4 Å². The molecule has 178 valence electrons. The SMILES string of the molecule is COc1cc(OC)c(NC(=O)[C@H]2c3ccccc3C(=O)N(CC(C)C)[C@@H]2c2cccs2)cc1Cl. The number of methoxy groups -OCH3 is 2. The Hall–Kier alpha value is -3.03. The van der Waals surface area contributed by atoms with E-state index < -0.39 is 12.0 Å². The zero-order valence-corrected chi connectivity index (χ0v) is 21.1. The van der Waals surface area contributed by atoms with Crippen LogP contribution in [0.25, 0.3) is 0 Å². The quantitative estimate of drug-likeness (QED) is 0.434. The number of amides is 2. The van der Waals surface area contributed by atoms with E-state index in [0.29, 0.717) is 39.9 Å². The van der Waals surface area contributed by atoms with Crippen LogP contribution in [0.3, 0.4) is 0 Å².